The molecule has 0 aliphatic rings. The fourth-order valence-electron chi connectivity index (χ4n) is 2.69. The van der Waals surface area contributed by atoms with Crippen molar-refractivity contribution in [3.8, 4) is 22.8 Å². The Labute approximate surface area is 164 Å². The van der Waals surface area contributed by atoms with Crippen LogP contribution in [0.5, 0.6) is 0 Å². The van der Waals surface area contributed by atoms with Crippen molar-refractivity contribution >= 4 is 21.8 Å². The Morgan fingerprint density at radius 2 is 1.85 bits per heavy atom. The fraction of sp³-hybridized carbons (Fsp3) is 0.0476. The number of benzene rings is 2. The summed E-state index contributed by atoms with van der Waals surface area (Å²) in [5.41, 5.74) is 2.04. The van der Waals surface area contributed by atoms with E-state index in [1.165, 1.54) is 0 Å². The van der Waals surface area contributed by atoms with Gasteiger partial charge in [-0.2, -0.15) is 0 Å². The van der Waals surface area contributed by atoms with E-state index in [1.807, 2.05) is 48.5 Å². The van der Waals surface area contributed by atoms with Gasteiger partial charge in [-0.3, -0.25) is 4.79 Å². The van der Waals surface area contributed by atoms with Crippen LogP contribution in [0.15, 0.2) is 86.4 Å². The predicted molar refractivity (Wildman–Crippen MR) is 105 cm³/mol. The van der Waals surface area contributed by atoms with Gasteiger partial charge in [0.25, 0.3) is 5.91 Å². The molecule has 4 aromatic rings. The van der Waals surface area contributed by atoms with E-state index in [1.54, 1.807) is 24.6 Å². The van der Waals surface area contributed by atoms with Crippen molar-refractivity contribution < 1.29 is 13.6 Å². The molecule has 6 heteroatoms. The minimum absolute atomic E-state index is 0.217. The van der Waals surface area contributed by atoms with E-state index in [-0.39, 0.29) is 5.91 Å². The SMILES string of the molecule is O=C(NCc1ccco1)c1ccccc1-c1ncc(-c2ccc(Br)cc2)o1. The number of amides is 1. The topological polar surface area (TPSA) is 68.3 Å². The highest BCUT2D eigenvalue weighted by molar-refractivity contribution is 9.10. The first-order valence-electron chi connectivity index (χ1n) is 8.32. The number of nitrogens with zero attached hydrogens (tertiary/aromatic N) is 1. The standard InChI is InChI=1S/C21H15BrN2O3/c22-15-9-7-14(8-10-15)19-13-24-21(27-19)18-6-2-1-5-17(18)20(25)23-12-16-4-3-11-26-16/h1-11,13H,12H2,(H,23,25). The molecule has 0 spiro atoms. The van der Waals surface area contributed by atoms with Gasteiger partial charge in [0.2, 0.25) is 5.89 Å². The molecule has 2 heterocycles. The Balaban J connectivity index is 1.59. The Hall–Kier alpha value is -3.12. The van der Waals surface area contributed by atoms with Gasteiger partial charge in [-0.05, 0) is 36.4 Å². The summed E-state index contributed by atoms with van der Waals surface area (Å²) < 4.78 is 12.1. The zero-order valence-corrected chi connectivity index (χ0v) is 15.8. The molecule has 2 aromatic heterocycles. The van der Waals surface area contributed by atoms with Crippen LogP contribution >= 0.6 is 15.9 Å². The molecule has 134 valence electrons. The number of rotatable bonds is 5. The van der Waals surface area contributed by atoms with Gasteiger partial charge in [0.1, 0.15) is 5.76 Å². The van der Waals surface area contributed by atoms with E-state index >= 15 is 0 Å². The average Bonchev–Trinajstić information content (AvgIpc) is 3.39. The van der Waals surface area contributed by atoms with E-state index in [0.717, 1.165) is 10.0 Å². The van der Waals surface area contributed by atoms with Gasteiger partial charge in [0.15, 0.2) is 5.76 Å². The van der Waals surface area contributed by atoms with E-state index in [2.05, 4.69) is 26.2 Å². The van der Waals surface area contributed by atoms with Crippen molar-refractivity contribution in [3.63, 3.8) is 0 Å². The third-order valence-electron chi connectivity index (χ3n) is 4.04. The third kappa shape index (κ3) is 3.85. The van der Waals surface area contributed by atoms with Crippen LogP contribution in [0.2, 0.25) is 0 Å². The highest BCUT2D eigenvalue weighted by Gasteiger charge is 2.17. The number of nitrogens with one attached hydrogen (secondary N) is 1. The van der Waals surface area contributed by atoms with Gasteiger partial charge in [0.05, 0.1) is 24.6 Å². The van der Waals surface area contributed by atoms with Crippen molar-refractivity contribution in [2.75, 3.05) is 0 Å². The fourth-order valence-corrected chi connectivity index (χ4v) is 2.95. The molecule has 1 N–H and O–H groups in total. The lowest BCUT2D eigenvalue weighted by Gasteiger charge is -2.07. The second-order valence-corrected chi connectivity index (χ2v) is 6.76. The zero-order valence-electron chi connectivity index (χ0n) is 14.2. The van der Waals surface area contributed by atoms with Crippen LogP contribution in [0.25, 0.3) is 22.8 Å². The molecule has 0 unspecified atom stereocenters. The van der Waals surface area contributed by atoms with Gasteiger partial charge in [-0.25, -0.2) is 4.98 Å². The maximum absolute atomic E-state index is 12.6. The van der Waals surface area contributed by atoms with E-state index in [9.17, 15) is 4.79 Å². The Morgan fingerprint density at radius 1 is 1.04 bits per heavy atom. The largest absolute Gasteiger partial charge is 0.467 e. The van der Waals surface area contributed by atoms with E-state index in [0.29, 0.717) is 35.1 Å². The van der Waals surface area contributed by atoms with Crippen LogP contribution in [-0.4, -0.2) is 10.9 Å². The number of hydrogen-bond donors (Lipinski definition) is 1. The lowest BCUT2D eigenvalue weighted by molar-refractivity contribution is 0.0948. The molecule has 5 nitrogen and oxygen atoms in total. The summed E-state index contributed by atoms with van der Waals surface area (Å²) in [7, 11) is 0. The molecule has 0 aliphatic carbocycles. The summed E-state index contributed by atoms with van der Waals surface area (Å²) in [6, 6.07) is 18.6. The number of aromatic nitrogens is 1. The predicted octanol–water partition coefficient (Wildman–Crippen LogP) is 5.29. The van der Waals surface area contributed by atoms with Gasteiger partial charge in [-0.15, -0.1) is 0 Å². The summed E-state index contributed by atoms with van der Waals surface area (Å²) >= 11 is 3.42. The molecule has 0 aliphatic heterocycles. The van der Waals surface area contributed by atoms with Crippen molar-refractivity contribution in [2.24, 2.45) is 0 Å². The van der Waals surface area contributed by atoms with Gasteiger partial charge < -0.3 is 14.2 Å². The van der Waals surface area contributed by atoms with Crippen LogP contribution in [-0.2, 0) is 6.54 Å². The number of carbonyl (C=O) groups is 1. The summed E-state index contributed by atoms with van der Waals surface area (Å²) in [6.07, 6.45) is 3.24. The summed E-state index contributed by atoms with van der Waals surface area (Å²) in [6.45, 7) is 0.315. The quantitative estimate of drug-likeness (QED) is 0.474. The molecule has 1 amide bonds. The van der Waals surface area contributed by atoms with Crippen molar-refractivity contribution in [1.82, 2.24) is 10.3 Å². The smallest absolute Gasteiger partial charge is 0.252 e. The van der Waals surface area contributed by atoms with Crippen LogP contribution < -0.4 is 5.32 Å². The molecule has 0 saturated heterocycles. The van der Waals surface area contributed by atoms with Crippen molar-refractivity contribution in [2.45, 2.75) is 6.54 Å². The normalized spacial score (nSPS) is 10.7. The molecule has 0 atom stereocenters. The Kier molecular flexibility index (Phi) is 4.89. The molecule has 0 bridgehead atoms. The highest BCUT2D eigenvalue weighted by Crippen LogP contribution is 2.29. The van der Waals surface area contributed by atoms with Crippen LogP contribution in [0, 0.1) is 0 Å². The lowest BCUT2D eigenvalue weighted by atomic mass is 10.1. The average molecular weight is 423 g/mol. The van der Waals surface area contributed by atoms with E-state index in [4.69, 9.17) is 8.83 Å². The Morgan fingerprint density at radius 3 is 2.63 bits per heavy atom. The van der Waals surface area contributed by atoms with Crippen LogP contribution in [0.3, 0.4) is 0 Å². The molecular weight excluding hydrogens is 408 g/mol. The number of halogens is 1. The number of furan rings is 1. The first-order chi connectivity index (χ1) is 13.2. The van der Waals surface area contributed by atoms with Crippen LogP contribution in [0.1, 0.15) is 16.1 Å². The number of oxazole rings is 1. The lowest BCUT2D eigenvalue weighted by Crippen LogP contribution is -2.23. The number of carbonyl (C=O) groups excluding carboxylic acids is 1. The van der Waals surface area contributed by atoms with Gasteiger partial charge in [-0.1, -0.05) is 40.2 Å². The maximum atomic E-state index is 12.6. The zero-order chi connectivity index (χ0) is 18.6. The molecule has 2 aromatic carbocycles. The maximum Gasteiger partial charge on any atom is 0.252 e. The second kappa shape index (κ2) is 7.63. The van der Waals surface area contributed by atoms with Crippen LogP contribution in [0.4, 0.5) is 0 Å². The molecule has 0 fully saturated rings. The van der Waals surface area contributed by atoms with Crippen molar-refractivity contribution in [3.05, 3.63) is 88.9 Å². The second-order valence-electron chi connectivity index (χ2n) is 5.84. The van der Waals surface area contributed by atoms with E-state index < -0.39 is 0 Å². The summed E-state index contributed by atoms with van der Waals surface area (Å²) in [5, 5.41) is 2.85. The summed E-state index contributed by atoms with van der Waals surface area (Å²) in [4.78, 5) is 17.0. The van der Waals surface area contributed by atoms with Crippen molar-refractivity contribution in [1.29, 1.82) is 0 Å². The Bertz CT molecular complexity index is 1050. The molecular formula is C21H15BrN2O3. The third-order valence-corrected chi connectivity index (χ3v) is 4.57. The summed E-state index contributed by atoms with van der Waals surface area (Å²) in [5.74, 6) is 1.51. The minimum atomic E-state index is -0.217. The van der Waals surface area contributed by atoms with Gasteiger partial charge in [0, 0.05) is 15.6 Å². The molecule has 27 heavy (non-hydrogen) atoms. The first kappa shape index (κ1) is 17.3. The number of hydrogen-bond acceptors (Lipinski definition) is 4. The monoisotopic (exact) mass is 422 g/mol. The first-order valence-corrected chi connectivity index (χ1v) is 9.12. The molecule has 0 radical (unpaired) electrons. The van der Waals surface area contributed by atoms with Gasteiger partial charge >= 0.3 is 0 Å². The minimum Gasteiger partial charge on any atom is -0.467 e. The molecule has 0 saturated carbocycles. The molecule has 4 rings (SSSR count). The highest BCUT2D eigenvalue weighted by atomic mass is 79.9.